The Morgan fingerprint density at radius 3 is 2.20 bits per heavy atom. The molecule has 0 saturated heterocycles. The maximum Gasteiger partial charge on any atom is 0.407 e. The van der Waals surface area contributed by atoms with Gasteiger partial charge in [0.15, 0.2) is 6.10 Å². The largest absolute Gasteiger partial charge is 0.479 e. The van der Waals surface area contributed by atoms with Crippen LogP contribution >= 0.6 is 0 Å². The summed E-state index contributed by atoms with van der Waals surface area (Å²) in [6, 6.07) is 16.3. The van der Waals surface area contributed by atoms with Crippen LogP contribution in [-0.2, 0) is 19.2 Å². The summed E-state index contributed by atoms with van der Waals surface area (Å²) in [7, 11) is 0. The Morgan fingerprint density at radius 2 is 1.60 bits per heavy atom. The molecule has 2 aromatic rings. The van der Waals surface area contributed by atoms with Gasteiger partial charge in [0, 0.05) is 18.9 Å². The number of hydrogen-bond acceptors (Lipinski definition) is 5. The van der Waals surface area contributed by atoms with Crippen LogP contribution < -0.4 is 10.8 Å². The van der Waals surface area contributed by atoms with Crippen LogP contribution in [0.3, 0.4) is 0 Å². The molecule has 186 valence electrons. The zero-order chi connectivity index (χ0) is 24.8. The van der Waals surface area contributed by atoms with Gasteiger partial charge in [0.05, 0.1) is 0 Å². The lowest BCUT2D eigenvalue weighted by Gasteiger charge is -2.23. The van der Waals surface area contributed by atoms with Gasteiger partial charge in [0.1, 0.15) is 6.61 Å². The lowest BCUT2D eigenvalue weighted by molar-refractivity contribution is -0.159. The lowest BCUT2D eigenvalue weighted by Crippen LogP contribution is -2.38. The highest BCUT2D eigenvalue weighted by molar-refractivity contribution is 5.79. The van der Waals surface area contributed by atoms with Crippen molar-refractivity contribution in [2.45, 2.75) is 51.0 Å². The molecule has 2 aromatic carbocycles. The van der Waals surface area contributed by atoms with Gasteiger partial charge in [-0.05, 0) is 41.0 Å². The van der Waals surface area contributed by atoms with Crippen LogP contribution in [0.1, 0.15) is 56.1 Å². The maximum absolute atomic E-state index is 12.6. The smallest absolute Gasteiger partial charge is 0.407 e. The first-order valence-electron chi connectivity index (χ1n) is 12.2. The summed E-state index contributed by atoms with van der Waals surface area (Å²) in [4.78, 5) is 40.7. The van der Waals surface area contributed by atoms with Crippen molar-refractivity contribution in [2.75, 3.05) is 13.2 Å². The monoisotopic (exact) mass is 480 g/mol. The van der Waals surface area contributed by atoms with E-state index in [1.54, 1.807) is 0 Å². The number of carboxylic acid groups (broad SMARTS) is 1. The molecule has 8 nitrogen and oxygen atoms in total. The summed E-state index contributed by atoms with van der Waals surface area (Å²) < 4.78 is 5.62. The molecule has 2 amide bonds. The molecule has 4 rings (SSSR count). The number of carboxylic acids is 1. The molecule has 0 aromatic heterocycles. The number of carbonyl (C=O) groups excluding carboxylic acids is 2. The van der Waals surface area contributed by atoms with Crippen molar-refractivity contribution in [3.63, 3.8) is 0 Å². The molecule has 2 atom stereocenters. The molecule has 35 heavy (non-hydrogen) atoms. The van der Waals surface area contributed by atoms with E-state index in [9.17, 15) is 14.4 Å². The number of carbonyl (C=O) groups is 3. The van der Waals surface area contributed by atoms with Gasteiger partial charge in [-0.1, -0.05) is 74.2 Å². The topological polar surface area (TPSA) is 114 Å². The second kappa shape index (κ2) is 11.4. The van der Waals surface area contributed by atoms with Crippen molar-refractivity contribution in [2.24, 2.45) is 11.8 Å². The van der Waals surface area contributed by atoms with Crippen molar-refractivity contribution in [3.8, 4) is 11.1 Å². The number of aliphatic carboxylic acids is 1. The van der Waals surface area contributed by atoms with Crippen molar-refractivity contribution < 1.29 is 29.1 Å². The average molecular weight is 481 g/mol. The zero-order valence-electron chi connectivity index (χ0n) is 19.9. The second-order valence-electron chi connectivity index (χ2n) is 9.34. The van der Waals surface area contributed by atoms with Gasteiger partial charge in [-0.2, -0.15) is 0 Å². The highest BCUT2D eigenvalue weighted by Crippen LogP contribution is 2.44. The Morgan fingerprint density at radius 1 is 1.00 bits per heavy atom. The Hall–Kier alpha value is -3.39. The molecule has 0 heterocycles. The lowest BCUT2D eigenvalue weighted by atomic mass is 9.88. The highest BCUT2D eigenvalue weighted by Gasteiger charge is 2.30. The van der Waals surface area contributed by atoms with Crippen molar-refractivity contribution in [1.29, 1.82) is 0 Å². The Balaban J connectivity index is 1.31. The predicted molar refractivity (Wildman–Crippen MR) is 129 cm³/mol. The zero-order valence-corrected chi connectivity index (χ0v) is 19.9. The van der Waals surface area contributed by atoms with E-state index >= 15 is 0 Å². The minimum absolute atomic E-state index is 0.0158. The molecule has 1 fully saturated rings. The Kier molecular flexibility index (Phi) is 8.02. The number of alkyl carbamates (subject to hydrolysis) is 1. The number of nitrogens with one attached hydrogen (secondary N) is 2. The average Bonchev–Trinajstić information content (AvgIpc) is 3.50. The number of fused-ring (bicyclic) bond motifs is 3. The van der Waals surface area contributed by atoms with Crippen molar-refractivity contribution in [3.05, 3.63) is 59.7 Å². The fraction of sp³-hybridized carbons (Fsp3) is 0.444. The standard InChI is InChI=1S/C27H32N2O6/c1-17(26(31)32)35-29-25(30)14-19(18-8-2-3-9-18)15-28-27(33)34-16-24-22-12-6-4-10-20(22)21-11-5-7-13-23(21)24/h4-7,10-13,17-19,24H,2-3,8-9,14-16H2,1H3,(H,28,33)(H,29,30)(H,31,32). The summed E-state index contributed by atoms with van der Waals surface area (Å²) in [6.07, 6.45) is 2.68. The van der Waals surface area contributed by atoms with Crippen LogP contribution in [0.15, 0.2) is 48.5 Å². The number of ether oxygens (including phenoxy) is 1. The Bertz CT molecular complexity index is 1020. The van der Waals surface area contributed by atoms with Crippen molar-refractivity contribution in [1.82, 2.24) is 10.8 Å². The fourth-order valence-corrected chi connectivity index (χ4v) is 5.18. The minimum atomic E-state index is -1.16. The maximum atomic E-state index is 12.6. The molecule has 2 aliphatic carbocycles. The van der Waals surface area contributed by atoms with Crippen LogP contribution in [0.5, 0.6) is 0 Å². The van der Waals surface area contributed by atoms with Gasteiger partial charge in [-0.25, -0.2) is 15.1 Å². The molecular formula is C27H32N2O6. The number of hydroxylamine groups is 1. The summed E-state index contributed by atoms with van der Waals surface area (Å²) in [5.41, 5.74) is 6.86. The van der Waals surface area contributed by atoms with Crippen LogP contribution in [-0.4, -0.2) is 42.3 Å². The molecule has 0 bridgehead atoms. The second-order valence-corrected chi connectivity index (χ2v) is 9.34. The molecule has 0 spiro atoms. The third-order valence-electron chi connectivity index (χ3n) is 7.06. The summed E-state index contributed by atoms with van der Waals surface area (Å²) in [5.74, 6) is -1.34. The van der Waals surface area contributed by atoms with Crippen LogP contribution in [0.2, 0.25) is 0 Å². The summed E-state index contributed by atoms with van der Waals surface area (Å²) in [5, 5.41) is 11.7. The summed E-state index contributed by atoms with van der Waals surface area (Å²) in [6.45, 7) is 1.88. The van der Waals surface area contributed by atoms with E-state index < -0.39 is 24.1 Å². The molecule has 3 N–H and O–H groups in total. The summed E-state index contributed by atoms with van der Waals surface area (Å²) >= 11 is 0. The highest BCUT2D eigenvalue weighted by atomic mass is 16.7. The molecule has 2 unspecified atom stereocenters. The van der Waals surface area contributed by atoms with Crippen LogP contribution in [0.25, 0.3) is 11.1 Å². The van der Waals surface area contributed by atoms with Gasteiger partial charge in [-0.3, -0.25) is 9.63 Å². The number of benzene rings is 2. The molecule has 2 aliphatic rings. The number of rotatable bonds is 10. The molecule has 1 saturated carbocycles. The first-order chi connectivity index (χ1) is 16.9. The van der Waals surface area contributed by atoms with Gasteiger partial charge in [0.2, 0.25) is 5.91 Å². The number of hydrogen-bond donors (Lipinski definition) is 3. The molecule has 0 aliphatic heterocycles. The SMILES string of the molecule is CC(ONC(=O)CC(CNC(=O)OCC1c2ccccc2-c2ccccc21)C1CCCC1)C(=O)O. The molecular weight excluding hydrogens is 448 g/mol. The van der Waals surface area contributed by atoms with E-state index in [1.807, 2.05) is 24.3 Å². The van der Waals surface area contributed by atoms with E-state index in [0.29, 0.717) is 12.5 Å². The predicted octanol–water partition coefficient (Wildman–Crippen LogP) is 4.24. The fourth-order valence-electron chi connectivity index (χ4n) is 5.18. The van der Waals surface area contributed by atoms with E-state index in [2.05, 4.69) is 35.1 Å². The van der Waals surface area contributed by atoms with Crippen LogP contribution in [0, 0.1) is 11.8 Å². The third-order valence-corrected chi connectivity index (χ3v) is 7.06. The van der Waals surface area contributed by atoms with E-state index in [1.165, 1.54) is 18.1 Å². The van der Waals surface area contributed by atoms with Crippen molar-refractivity contribution >= 4 is 18.0 Å². The normalized spacial score (nSPS) is 16.7. The Labute approximate surface area is 205 Å². The van der Waals surface area contributed by atoms with E-state index in [4.69, 9.17) is 14.7 Å². The molecule has 0 radical (unpaired) electrons. The van der Waals surface area contributed by atoms with Gasteiger partial charge in [-0.15, -0.1) is 0 Å². The van der Waals surface area contributed by atoms with Crippen LogP contribution in [0.4, 0.5) is 4.79 Å². The first kappa shape index (κ1) is 24.7. The van der Waals surface area contributed by atoms with Gasteiger partial charge >= 0.3 is 12.1 Å². The van der Waals surface area contributed by atoms with Gasteiger partial charge in [0.25, 0.3) is 0 Å². The molecule has 8 heteroatoms. The van der Waals surface area contributed by atoms with E-state index in [0.717, 1.165) is 36.8 Å². The minimum Gasteiger partial charge on any atom is -0.479 e. The quantitative estimate of drug-likeness (QED) is 0.438. The third kappa shape index (κ3) is 6.00. The number of amides is 2. The van der Waals surface area contributed by atoms with E-state index in [-0.39, 0.29) is 24.9 Å². The van der Waals surface area contributed by atoms with Gasteiger partial charge < -0.3 is 15.2 Å². The first-order valence-corrected chi connectivity index (χ1v) is 12.2.